The maximum absolute atomic E-state index is 12.7. The third-order valence-corrected chi connectivity index (χ3v) is 5.31. The van der Waals surface area contributed by atoms with Crippen LogP contribution in [0.15, 0.2) is 89.7 Å². The Hall–Kier alpha value is -3.57. The fourth-order valence-corrected chi connectivity index (χ4v) is 3.81. The van der Waals surface area contributed by atoms with E-state index in [2.05, 4.69) is 29.4 Å². The molecule has 0 saturated heterocycles. The van der Waals surface area contributed by atoms with Gasteiger partial charge in [-0.3, -0.25) is 9.69 Å². The van der Waals surface area contributed by atoms with E-state index in [-0.39, 0.29) is 12.0 Å². The summed E-state index contributed by atoms with van der Waals surface area (Å²) in [6.45, 7) is 4.00. The molecule has 1 aromatic heterocycles. The Balaban J connectivity index is 1.31. The number of nitrogens with zero attached hydrogens (tertiary/aromatic N) is 1. The van der Waals surface area contributed by atoms with Gasteiger partial charge in [-0.05, 0) is 54.6 Å². The summed E-state index contributed by atoms with van der Waals surface area (Å²) in [5, 5.41) is 5.01. The standard InChI is InChI=1S/C27H28N2O3/c1-20(16-28-27(30)26-12-6-9-23-8-3-4-11-25(23)26)32-24-10-5-7-21(15-24)17-29(2)18-22-13-14-31-19-22/h3-15,19-20H,16-18H2,1-2H3,(H,28,30). The van der Waals surface area contributed by atoms with E-state index < -0.39 is 0 Å². The highest BCUT2D eigenvalue weighted by Gasteiger charge is 2.12. The number of benzene rings is 3. The average molecular weight is 429 g/mol. The molecule has 1 N–H and O–H groups in total. The number of amides is 1. The third-order valence-electron chi connectivity index (χ3n) is 5.31. The van der Waals surface area contributed by atoms with Crippen LogP contribution in [-0.2, 0) is 13.1 Å². The fourth-order valence-electron chi connectivity index (χ4n) is 3.81. The van der Waals surface area contributed by atoms with Gasteiger partial charge in [0.2, 0.25) is 0 Å². The topological polar surface area (TPSA) is 54.7 Å². The lowest BCUT2D eigenvalue weighted by Gasteiger charge is -2.18. The molecule has 5 heteroatoms. The zero-order valence-electron chi connectivity index (χ0n) is 18.5. The van der Waals surface area contributed by atoms with Gasteiger partial charge in [0.05, 0.1) is 19.1 Å². The number of hydrogen-bond acceptors (Lipinski definition) is 4. The SMILES string of the molecule is CC(CNC(=O)c1cccc2ccccc12)Oc1cccc(CN(C)Cc2ccoc2)c1. The molecule has 0 saturated carbocycles. The predicted molar refractivity (Wildman–Crippen MR) is 127 cm³/mol. The van der Waals surface area contributed by atoms with Crippen LogP contribution in [0.5, 0.6) is 5.75 Å². The quantitative estimate of drug-likeness (QED) is 0.395. The van der Waals surface area contributed by atoms with Crippen molar-refractivity contribution in [3.05, 3.63) is 102 Å². The molecule has 1 heterocycles. The van der Waals surface area contributed by atoms with E-state index in [1.807, 2.05) is 67.6 Å². The van der Waals surface area contributed by atoms with Gasteiger partial charge in [-0.15, -0.1) is 0 Å². The highest BCUT2D eigenvalue weighted by atomic mass is 16.5. The van der Waals surface area contributed by atoms with Crippen LogP contribution in [-0.4, -0.2) is 30.5 Å². The average Bonchev–Trinajstić information content (AvgIpc) is 3.30. The molecule has 32 heavy (non-hydrogen) atoms. The Morgan fingerprint density at radius 1 is 1.00 bits per heavy atom. The normalized spacial score (nSPS) is 12.1. The summed E-state index contributed by atoms with van der Waals surface area (Å²) >= 11 is 0. The van der Waals surface area contributed by atoms with Gasteiger partial charge < -0.3 is 14.5 Å². The molecule has 4 rings (SSSR count). The number of hydrogen-bond donors (Lipinski definition) is 1. The van der Waals surface area contributed by atoms with E-state index in [1.54, 1.807) is 12.5 Å². The summed E-state index contributed by atoms with van der Waals surface area (Å²) in [7, 11) is 2.08. The molecular formula is C27H28N2O3. The molecule has 164 valence electrons. The molecule has 0 fully saturated rings. The van der Waals surface area contributed by atoms with E-state index in [1.165, 1.54) is 5.56 Å². The van der Waals surface area contributed by atoms with Crippen LogP contribution in [0.4, 0.5) is 0 Å². The zero-order chi connectivity index (χ0) is 22.3. The summed E-state index contributed by atoms with van der Waals surface area (Å²) in [6, 6.07) is 23.7. The van der Waals surface area contributed by atoms with Gasteiger partial charge in [0.15, 0.2) is 0 Å². The summed E-state index contributed by atoms with van der Waals surface area (Å²) in [4.78, 5) is 15.0. The van der Waals surface area contributed by atoms with E-state index in [0.29, 0.717) is 12.1 Å². The van der Waals surface area contributed by atoms with Crippen molar-refractivity contribution in [3.8, 4) is 5.75 Å². The van der Waals surface area contributed by atoms with Crippen molar-refractivity contribution in [2.24, 2.45) is 0 Å². The highest BCUT2D eigenvalue weighted by molar-refractivity contribution is 6.07. The lowest BCUT2D eigenvalue weighted by atomic mass is 10.0. The van der Waals surface area contributed by atoms with Crippen LogP contribution in [0.1, 0.15) is 28.4 Å². The summed E-state index contributed by atoms with van der Waals surface area (Å²) in [5.41, 5.74) is 2.99. The molecule has 1 atom stereocenters. The number of furan rings is 1. The van der Waals surface area contributed by atoms with E-state index >= 15 is 0 Å². The molecule has 1 amide bonds. The second-order valence-corrected chi connectivity index (χ2v) is 8.12. The minimum Gasteiger partial charge on any atom is -0.489 e. The first-order valence-electron chi connectivity index (χ1n) is 10.8. The molecule has 1 unspecified atom stereocenters. The minimum atomic E-state index is -0.159. The molecule has 3 aromatic carbocycles. The van der Waals surface area contributed by atoms with Gasteiger partial charge in [-0.2, -0.15) is 0 Å². The third kappa shape index (κ3) is 5.56. The molecule has 0 aliphatic heterocycles. The van der Waals surface area contributed by atoms with Crippen molar-refractivity contribution in [3.63, 3.8) is 0 Å². The first-order valence-corrected chi connectivity index (χ1v) is 10.8. The largest absolute Gasteiger partial charge is 0.489 e. The van der Waals surface area contributed by atoms with Crippen LogP contribution in [0.3, 0.4) is 0 Å². The molecule has 0 bridgehead atoms. The molecule has 5 nitrogen and oxygen atoms in total. The number of nitrogens with one attached hydrogen (secondary N) is 1. The first-order chi connectivity index (χ1) is 15.6. The van der Waals surface area contributed by atoms with E-state index in [9.17, 15) is 4.79 Å². The maximum Gasteiger partial charge on any atom is 0.252 e. The van der Waals surface area contributed by atoms with Crippen molar-refractivity contribution in [2.45, 2.75) is 26.1 Å². The van der Waals surface area contributed by atoms with Gasteiger partial charge >= 0.3 is 0 Å². The lowest BCUT2D eigenvalue weighted by Crippen LogP contribution is -2.33. The maximum atomic E-state index is 12.7. The number of rotatable bonds is 9. The van der Waals surface area contributed by atoms with Crippen LogP contribution in [0, 0.1) is 0 Å². The number of fused-ring (bicyclic) bond motifs is 1. The van der Waals surface area contributed by atoms with Gasteiger partial charge in [-0.25, -0.2) is 0 Å². The molecule has 0 aliphatic carbocycles. The van der Waals surface area contributed by atoms with E-state index in [0.717, 1.165) is 35.2 Å². The molecule has 0 radical (unpaired) electrons. The Kier molecular flexibility index (Phi) is 6.87. The predicted octanol–water partition coefficient (Wildman–Crippen LogP) is 5.26. The van der Waals surface area contributed by atoms with Crippen LogP contribution in [0.25, 0.3) is 10.8 Å². The first kappa shape index (κ1) is 21.7. The fraction of sp³-hybridized carbons (Fsp3) is 0.222. The van der Waals surface area contributed by atoms with Crippen molar-refractivity contribution in [1.82, 2.24) is 10.2 Å². The zero-order valence-corrected chi connectivity index (χ0v) is 18.5. The van der Waals surface area contributed by atoms with Crippen molar-refractivity contribution in [1.29, 1.82) is 0 Å². The Labute approximate surface area is 188 Å². The molecule has 0 spiro atoms. The Morgan fingerprint density at radius 3 is 2.62 bits per heavy atom. The second kappa shape index (κ2) is 10.2. The smallest absolute Gasteiger partial charge is 0.252 e. The van der Waals surface area contributed by atoms with Crippen molar-refractivity contribution in [2.75, 3.05) is 13.6 Å². The summed E-state index contributed by atoms with van der Waals surface area (Å²) in [6.07, 6.45) is 3.30. The summed E-state index contributed by atoms with van der Waals surface area (Å²) in [5.74, 6) is 0.706. The number of carbonyl (C=O) groups excluding carboxylic acids is 1. The number of ether oxygens (including phenoxy) is 1. The van der Waals surface area contributed by atoms with Crippen LogP contribution in [0.2, 0.25) is 0 Å². The summed E-state index contributed by atoms with van der Waals surface area (Å²) < 4.78 is 11.2. The monoisotopic (exact) mass is 428 g/mol. The van der Waals surface area contributed by atoms with Gasteiger partial charge in [0, 0.05) is 24.2 Å². The molecule has 4 aromatic rings. The van der Waals surface area contributed by atoms with Crippen molar-refractivity contribution < 1.29 is 13.9 Å². The second-order valence-electron chi connectivity index (χ2n) is 8.12. The lowest BCUT2D eigenvalue weighted by molar-refractivity contribution is 0.0934. The van der Waals surface area contributed by atoms with Gasteiger partial charge in [0.1, 0.15) is 11.9 Å². The number of carbonyl (C=O) groups is 1. The van der Waals surface area contributed by atoms with Crippen LogP contribution < -0.4 is 10.1 Å². The van der Waals surface area contributed by atoms with Gasteiger partial charge in [-0.1, -0.05) is 48.5 Å². The highest BCUT2D eigenvalue weighted by Crippen LogP contribution is 2.19. The van der Waals surface area contributed by atoms with E-state index in [4.69, 9.17) is 9.15 Å². The Morgan fingerprint density at radius 2 is 1.78 bits per heavy atom. The van der Waals surface area contributed by atoms with Crippen LogP contribution >= 0.6 is 0 Å². The molecular weight excluding hydrogens is 400 g/mol. The Bertz CT molecular complexity index is 1170. The minimum absolute atomic E-state index is 0.0909. The van der Waals surface area contributed by atoms with Gasteiger partial charge in [0.25, 0.3) is 5.91 Å². The van der Waals surface area contributed by atoms with Crippen molar-refractivity contribution >= 4 is 16.7 Å². The molecule has 0 aliphatic rings.